The highest BCUT2D eigenvalue weighted by Gasteiger charge is 2.49. The number of halogens is 3. The molecule has 108 heavy (non-hydrogen) atoms. The number of aromatic nitrogens is 15. The molecule has 0 radical (unpaired) electrons. The smallest absolute Gasteiger partial charge is 0.191 e. The van der Waals surface area contributed by atoms with Crippen molar-refractivity contribution in [3.63, 3.8) is 0 Å². The lowest BCUT2D eigenvalue weighted by Gasteiger charge is -2.17. The van der Waals surface area contributed by atoms with Crippen LogP contribution in [-0.2, 0) is 14.2 Å². The van der Waals surface area contributed by atoms with Gasteiger partial charge in [-0.2, -0.15) is 0 Å². The molecule has 12 N–H and O–H groups in total. The molecule has 36 heteroatoms. The molecule has 30 nitrogen and oxygen atoms in total. The van der Waals surface area contributed by atoms with Crippen LogP contribution >= 0.6 is 35.3 Å². The second kappa shape index (κ2) is 35.1. The van der Waals surface area contributed by atoms with E-state index in [4.69, 9.17) is 55.5 Å². The molecule has 0 spiro atoms. The predicted octanol–water partition coefficient (Wildman–Crippen LogP) is 6.55. The van der Waals surface area contributed by atoms with Crippen molar-refractivity contribution in [1.82, 2.24) is 74.9 Å². The van der Waals surface area contributed by atoms with E-state index in [1.165, 1.54) is 43.3 Å². The summed E-state index contributed by atoms with van der Waals surface area (Å²) in [6, 6.07) is -3.97. The van der Waals surface area contributed by atoms with Crippen LogP contribution in [0.15, 0.2) is 70.1 Å². The molecule has 0 aliphatic heterocycles. The van der Waals surface area contributed by atoms with E-state index in [1.807, 2.05) is 6.92 Å². The van der Waals surface area contributed by atoms with Crippen LogP contribution in [0.4, 0.5) is 30.6 Å². The molecule has 18 atom stereocenters. The van der Waals surface area contributed by atoms with E-state index in [0.717, 1.165) is 31.7 Å². The van der Waals surface area contributed by atoms with Crippen LogP contribution in [0.5, 0.6) is 0 Å². The molecule has 6 aliphatic rings. The summed E-state index contributed by atoms with van der Waals surface area (Å²) in [7, 11) is 0. The first-order chi connectivity index (χ1) is 65.5. The predicted molar refractivity (Wildman–Crippen MR) is 398 cm³/mol. The fourth-order valence-electron chi connectivity index (χ4n) is 10.6. The van der Waals surface area contributed by atoms with Crippen LogP contribution in [0, 0.1) is 38.2 Å². The first kappa shape index (κ1) is 44.8. The molecule has 15 rings (SSSR count). The van der Waals surface area contributed by atoms with Crippen LogP contribution in [0.25, 0.3) is 33.5 Å². The second-order valence-electron chi connectivity index (χ2n) is 23.6. The summed E-state index contributed by atoms with van der Waals surface area (Å²) >= 11 is 1.28. The van der Waals surface area contributed by atoms with Gasteiger partial charge < -0.3 is 76.1 Å². The van der Waals surface area contributed by atoms with E-state index >= 15 is 0 Å². The molecule has 0 amide bonds. The molecule has 0 saturated heterocycles. The minimum atomic E-state index is -4.39. The molecule has 6 saturated carbocycles. The van der Waals surface area contributed by atoms with Crippen LogP contribution in [0.3, 0.4) is 0 Å². The van der Waals surface area contributed by atoms with Crippen molar-refractivity contribution in [2.75, 3.05) is 72.6 Å². The summed E-state index contributed by atoms with van der Waals surface area (Å²) in [6.45, 7) is -6.25. The van der Waals surface area contributed by atoms with E-state index in [9.17, 15) is 59.1 Å². The van der Waals surface area contributed by atoms with Gasteiger partial charge >= 0.3 is 0 Å². The number of aliphatic hydroxyl groups excluding tert-OH is 2. The number of hydrogen-bond acceptors (Lipinski definition) is 30. The molecule has 582 valence electrons. The van der Waals surface area contributed by atoms with Crippen LogP contribution in [0.1, 0.15) is 198 Å². The number of aliphatic hydroxyl groups is 9. The molecule has 6 aromatic heterocycles. The third kappa shape index (κ3) is 17.5. The molecule has 9 aromatic rings. The fourth-order valence-corrected chi connectivity index (χ4v) is 12.2. The molecule has 0 bridgehead atoms. The molecular formula is C72H93F3N18O12S3. The molecule has 6 heterocycles. The summed E-state index contributed by atoms with van der Waals surface area (Å²) in [5, 5.41) is 124. The minimum Gasteiger partial charge on any atom is -0.394 e. The van der Waals surface area contributed by atoms with Crippen molar-refractivity contribution in [3.05, 3.63) is 105 Å². The maximum atomic E-state index is 14.4. The summed E-state index contributed by atoms with van der Waals surface area (Å²) in [5.41, 5.74) is -7.01. The molecular weight excluding hydrogens is 1460 g/mol. The average Bonchev–Trinajstić information content (AvgIpc) is 1.51. The number of anilines is 3. The lowest BCUT2D eigenvalue weighted by molar-refractivity contribution is -0.0629. The van der Waals surface area contributed by atoms with Gasteiger partial charge in [-0.15, -0.1) is 15.3 Å². The number of hydrogen-bond donors (Lipinski definition) is 12. The highest BCUT2D eigenvalue weighted by atomic mass is 32.2. The summed E-state index contributed by atoms with van der Waals surface area (Å²) in [6.07, 6.45) is -54.9. The van der Waals surface area contributed by atoms with E-state index in [2.05, 4.69) is 86.3 Å². The third-order valence-corrected chi connectivity index (χ3v) is 18.7. The van der Waals surface area contributed by atoms with E-state index in [-0.39, 0.29) is 67.8 Å². The third-order valence-electron chi connectivity index (χ3n) is 16.3. The Morgan fingerprint density at radius 1 is 0.491 bits per heavy atom. The van der Waals surface area contributed by atoms with Crippen molar-refractivity contribution in [3.8, 4) is 0 Å². The highest BCUT2D eigenvalue weighted by Crippen LogP contribution is 2.48. The average molecular weight is 1590 g/mol. The zero-order valence-corrected chi connectivity index (χ0v) is 59.6. The molecule has 0 unspecified atom stereocenters. The van der Waals surface area contributed by atoms with Gasteiger partial charge in [-0.25, -0.2) is 57.1 Å². The van der Waals surface area contributed by atoms with Gasteiger partial charge in [0.1, 0.15) is 53.9 Å². The first-order valence-electron chi connectivity index (χ1n) is 50.8. The van der Waals surface area contributed by atoms with Crippen molar-refractivity contribution in [2.45, 2.75) is 223 Å². The summed E-state index contributed by atoms with van der Waals surface area (Å²) in [5.74, 6) is -4.79. The van der Waals surface area contributed by atoms with Crippen molar-refractivity contribution < 1.29 is 124 Å². The van der Waals surface area contributed by atoms with Crippen molar-refractivity contribution in [2.24, 2.45) is 0 Å². The number of thioether (sulfide) groups is 3. The van der Waals surface area contributed by atoms with E-state index in [0.29, 0.717) is 44.7 Å². The number of aryl methyl sites for hydroxylation is 3. The van der Waals surface area contributed by atoms with Crippen molar-refractivity contribution in [1.29, 1.82) is 0 Å². The molecule has 3 aromatic carbocycles. The SMILES string of the molecule is [2H]C([2H])(C)C([2H])([2H])Sc1nc(N[C@]2([2H])C[C@H]2c2ccc(C)c(F)c2)c2nnn([C@]3([2H])C([2H])([2H])[C@]([2H])(OC([2H])([2H])C([2H])([2H])O)[C@@]([2H])(O)[C@@]3([2H])O)c2n1.[2H]C([2H])(CO)O[C@@]1([2H])C([2H])([2H])[C@@]([2H])(n2nnc3c(N[C@]4([2H])C[C@H]4c4ccc(C)c(F)c4)nc(SC([2H])([2H])C([2H])([2H])C)nc32)[C@]([2H])(O)[C@]1([2H])O.[2H]C1([2H])[C@@H](c2ccc(C)c(F)c2)[C@]1([2H])Nc1nc(SCCC)nc2c1nnn2[C@]1([2H])C([2H])([2H])[C@]([2H])(OCCO)[C@@]([2H])(O)[C@@]1([2H])O. The highest BCUT2D eigenvalue weighted by molar-refractivity contribution is 7.99. The number of nitrogens with zero attached hydrogens (tertiary/aromatic N) is 15. The van der Waals surface area contributed by atoms with E-state index < -0.39 is 265 Å². The Balaban J connectivity index is 0.000000182. The Labute approximate surface area is 685 Å². The van der Waals surface area contributed by atoms with Gasteiger partial charge in [0.25, 0.3) is 0 Å². The topological polar surface area (TPSA) is 415 Å². The van der Waals surface area contributed by atoms with Gasteiger partial charge in [0.05, 0.1) is 105 Å². The Bertz CT molecular complexity index is 6570. The Morgan fingerprint density at radius 3 is 1.24 bits per heavy atom. The maximum Gasteiger partial charge on any atom is 0.191 e. The lowest BCUT2D eigenvalue weighted by atomic mass is 10.1. The number of rotatable bonds is 30. The number of ether oxygens (including phenoxy) is 3. The van der Waals surface area contributed by atoms with Gasteiger partial charge in [-0.05, 0) is 111 Å². The van der Waals surface area contributed by atoms with Gasteiger partial charge in [0, 0.05) is 94.0 Å². The van der Waals surface area contributed by atoms with Gasteiger partial charge in [-0.1, -0.05) is 108 Å². The van der Waals surface area contributed by atoms with Crippen LogP contribution in [-0.4, -0.2) is 250 Å². The van der Waals surface area contributed by atoms with Crippen LogP contribution < -0.4 is 16.0 Å². The largest absolute Gasteiger partial charge is 0.394 e. The maximum absolute atomic E-state index is 14.4. The fraction of sp³-hybridized carbons (Fsp3) is 0.583. The van der Waals surface area contributed by atoms with Crippen molar-refractivity contribution >= 4 is 86.2 Å². The first-order valence-corrected chi connectivity index (χ1v) is 35.0. The lowest BCUT2D eigenvalue weighted by Crippen LogP contribution is -2.33. The summed E-state index contributed by atoms with van der Waals surface area (Å²) < 4.78 is 367. The number of nitrogens with one attached hydrogen (secondary N) is 3. The Kier molecular flexibility index (Phi) is 14.5. The van der Waals surface area contributed by atoms with Gasteiger partial charge in [0.2, 0.25) is 0 Å². The van der Waals surface area contributed by atoms with Crippen LogP contribution in [0.2, 0.25) is 0 Å². The second-order valence-corrected chi connectivity index (χ2v) is 26.2. The normalized spacial score (nSPS) is 45.6. The zero-order valence-electron chi connectivity index (χ0n) is 94.2. The number of fused-ring (bicyclic) bond motifs is 3. The van der Waals surface area contributed by atoms with Gasteiger partial charge in [0.15, 0.2) is 66.4 Å². The quantitative estimate of drug-likeness (QED) is 0.0168. The summed E-state index contributed by atoms with van der Waals surface area (Å²) in [4.78, 5) is 25.0. The zero-order chi connectivity index (χ0) is 110. The molecule has 6 fully saturated rings. The number of benzene rings is 3. The van der Waals surface area contributed by atoms with Gasteiger partial charge in [-0.3, -0.25) is 0 Å². The molecule has 6 aliphatic carbocycles. The Hall–Kier alpha value is -7.14. The minimum absolute atomic E-state index is 0.00107. The Morgan fingerprint density at radius 2 is 0.870 bits per heavy atom. The monoisotopic (exact) mass is 1590 g/mol. The van der Waals surface area contributed by atoms with E-state index in [1.54, 1.807) is 26.0 Å². The standard InChI is InChI=1S/3C24H31FN6O4S/c3*1-3-8-36-24-27-22(26-16-10-14(16)13-5-4-12(2)15(25)9-13)19-23(28-24)31(30-29-19)17-11-18(35-7-6-32)21(34)20(17)33/h3*4-5,9,14,16-18,20-21,32-34H,3,6-8,10-11H2,1-2H3,(H,26,27,28)/t3*14-,16+,17+,18-,20-,21+/m000/s1/i3D2,6D2,7D2,8D2,11D2,16D,17D,18D,20D,21D;3D2,7D2,8D2,11D2,16D,17D,18D,20D,21D;10D2,11D2,16D,17D,18D,20D,21D.